The Kier molecular flexibility index (Phi) is 6.25. The van der Waals surface area contributed by atoms with Crippen LogP contribution in [0.1, 0.15) is 65.9 Å². The first-order chi connectivity index (χ1) is 14.2. The largest absolute Gasteiger partial charge is 0.350 e. The Labute approximate surface area is 171 Å². The molecule has 0 saturated carbocycles. The van der Waals surface area contributed by atoms with Gasteiger partial charge in [-0.2, -0.15) is 0 Å². The van der Waals surface area contributed by atoms with Crippen molar-refractivity contribution in [2.24, 2.45) is 0 Å². The van der Waals surface area contributed by atoms with E-state index in [1.807, 2.05) is 0 Å². The monoisotopic (exact) mass is 399 g/mol. The maximum atomic E-state index is 12.8. The third-order valence-electron chi connectivity index (χ3n) is 5.94. The van der Waals surface area contributed by atoms with Crippen molar-refractivity contribution in [3.05, 3.63) is 41.2 Å². The molecule has 0 radical (unpaired) electrons. The number of allylic oxidation sites excluding steroid dienone is 1. The van der Waals surface area contributed by atoms with Gasteiger partial charge in [0.05, 0.1) is 13.2 Å². The Hall–Kier alpha value is -2.25. The number of aromatic nitrogens is 1. The molecule has 4 rings (SSSR count). The van der Waals surface area contributed by atoms with Crippen molar-refractivity contribution < 1.29 is 19.1 Å². The van der Waals surface area contributed by atoms with Crippen LogP contribution in [0.15, 0.2) is 29.8 Å². The van der Waals surface area contributed by atoms with Crippen LogP contribution in [0, 0.1) is 0 Å². The fourth-order valence-corrected chi connectivity index (χ4v) is 4.24. The number of carbonyl (C=O) groups is 2. The van der Waals surface area contributed by atoms with E-state index in [0.717, 1.165) is 19.3 Å². The van der Waals surface area contributed by atoms with Crippen molar-refractivity contribution in [3.8, 4) is 0 Å². The Balaban J connectivity index is 1.31. The molecule has 1 spiro atoms. The molecule has 1 aliphatic carbocycles. The Morgan fingerprint density at radius 2 is 1.86 bits per heavy atom. The molecule has 0 atom stereocenters. The molecule has 29 heavy (non-hydrogen) atoms. The maximum Gasteiger partial charge on any atom is 0.272 e. The number of ether oxygens (including phenoxy) is 2. The van der Waals surface area contributed by atoms with Crippen LogP contribution in [-0.4, -0.2) is 60.3 Å². The van der Waals surface area contributed by atoms with E-state index >= 15 is 0 Å². The van der Waals surface area contributed by atoms with Gasteiger partial charge in [0.1, 0.15) is 11.4 Å². The van der Waals surface area contributed by atoms with Crippen LogP contribution in [0.5, 0.6) is 0 Å². The number of piperidine rings is 1. The van der Waals surface area contributed by atoms with Crippen LogP contribution >= 0.6 is 0 Å². The minimum atomic E-state index is -0.514. The van der Waals surface area contributed by atoms with E-state index in [4.69, 9.17) is 9.47 Å². The van der Waals surface area contributed by atoms with Gasteiger partial charge in [0.2, 0.25) is 0 Å². The lowest BCUT2D eigenvalue weighted by Crippen LogP contribution is -2.47. The van der Waals surface area contributed by atoms with Crippen molar-refractivity contribution in [2.75, 3.05) is 32.8 Å². The number of nitrogens with zero attached hydrogens (tertiary/aromatic N) is 2. The van der Waals surface area contributed by atoms with Crippen molar-refractivity contribution >= 4 is 11.8 Å². The molecule has 1 aromatic rings. The van der Waals surface area contributed by atoms with Gasteiger partial charge in [-0.15, -0.1) is 0 Å². The summed E-state index contributed by atoms with van der Waals surface area (Å²) >= 11 is 0. The Bertz CT molecular complexity index is 776. The molecule has 2 aliphatic heterocycles. The lowest BCUT2D eigenvalue weighted by molar-refractivity contribution is -0.181. The lowest BCUT2D eigenvalue weighted by atomic mass is 9.97. The lowest BCUT2D eigenvalue weighted by Gasteiger charge is -2.37. The molecule has 0 unspecified atom stereocenters. The summed E-state index contributed by atoms with van der Waals surface area (Å²) in [5.41, 5.74) is 2.01. The fourth-order valence-electron chi connectivity index (χ4n) is 4.24. The number of amides is 2. The van der Waals surface area contributed by atoms with E-state index in [1.54, 1.807) is 23.1 Å². The first-order valence-electron chi connectivity index (χ1n) is 10.7. The van der Waals surface area contributed by atoms with Gasteiger partial charge in [-0.1, -0.05) is 17.7 Å². The van der Waals surface area contributed by atoms with Gasteiger partial charge >= 0.3 is 0 Å². The molecular weight excluding hydrogens is 370 g/mol. The zero-order valence-corrected chi connectivity index (χ0v) is 16.8. The van der Waals surface area contributed by atoms with E-state index in [1.165, 1.54) is 18.4 Å². The normalized spacial score (nSPS) is 21.1. The highest BCUT2D eigenvalue weighted by Crippen LogP contribution is 2.31. The Morgan fingerprint density at radius 3 is 2.59 bits per heavy atom. The summed E-state index contributed by atoms with van der Waals surface area (Å²) in [5.74, 6) is -0.902. The summed E-state index contributed by atoms with van der Waals surface area (Å²) in [4.78, 5) is 31.4. The third kappa shape index (κ3) is 4.85. The van der Waals surface area contributed by atoms with Gasteiger partial charge in [-0.05, 0) is 44.2 Å². The van der Waals surface area contributed by atoms with E-state index in [-0.39, 0.29) is 17.5 Å². The van der Waals surface area contributed by atoms with Gasteiger partial charge in [0.25, 0.3) is 11.8 Å². The van der Waals surface area contributed by atoms with Crippen molar-refractivity contribution in [1.82, 2.24) is 15.2 Å². The first kappa shape index (κ1) is 20.0. The number of carbonyl (C=O) groups excluding carboxylic acids is 2. The average molecular weight is 399 g/mol. The second kappa shape index (κ2) is 9.05. The number of hydrogen-bond acceptors (Lipinski definition) is 5. The van der Waals surface area contributed by atoms with Crippen molar-refractivity contribution in [1.29, 1.82) is 0 Å². The fraction of sp³-hybridized carbons (Fsp3) is 0.591. The highest BCUT2D eigenvalue weighted by atomic mass is 16.7. The molecule has 3 heterocycles. The van der Waals surface area contributed by atoms with Crippen LogP contribution in [-0.2, 0) is 9.47 Å². The van der Waals surface area contributed by atoms with E-state index in [9.17, 15) is 9.59 Å². The zero-order valence-electron chi connectivity index (χ0n) is 16.8. The molecule has 7 heteroatoms. The summed E-state index contributed by atoms with van der Waals surface area (Å²) < 4.78 is 11.4. The topological polar surface area (TPSA) is 80.8 Å². The maximum absolute atomic E-state index is 12.8. The molecule has 0 bridgehead atoms. The SMILES string of the molecule is O=C(NCCC1=CCCCC1)c1cccc(C(=O)N2CCC3(CC2)OCCO3)n1. The summed E-state index contributed by atoms with van der Waals surface area (Å²) in [6.07, 6.45) is 9.27. The van der Waals surface area contributed by atoms with Gasteiger partial charge in [0.15, 0.2) is 5.79 Å². The summed E-state index contributed by atoms with van der Waals surface area (Å²) in [6, 6.07) is 5.03. The molecule has 2 amide bonds. The van der Waals surface area contributed by atoms with Crippen LogP contribution in [0.2, 0.25) is 0 Å². The van der Waals surface area contributed by atoms with E-state index < -0.39 is 5.79 Å². The van der Waals surface area contributed by atoms with Crippen molar-refractivity contribution in [2.45, 2.75) is 50.7 Å². The predicted molar refractivity (Wildman–Crippen MR) is 108 cm³/mol. The quantitative estimate of drug-likeness (QED) is 0.770. The second-order valence-corrected chi connectivity index (χ2v) is 7.92. The van der Waals surface area contributed by atoms with Crippen LogP contribution in [0.3, 0.4) is 0 Å². The van der Waals surface area contributed by atoms with Crippen molar-refractivity contribution in [3.63, 3.8) is 0 Å². The number of pyridine rings is 1. The Morgan fingerprint density at radius 1 is 1.10 bits per heavy atom. The molecule has 1 N–H and O–H groups in total. The van der Waals surface area contributed by atoms with E-state index in [0.29, 0.717) is 51.4 Å². The molecular formula is C22H29N3O4. The van der Waals surface area contributed by atoms with Gasteiger partial charge in [-0.3, -0.25) is 9.59 Å². The smallest absolute Gasteiger partial charge is 0.272 e. The highest BCUT2D eigenvalue weighted by Gasteiger charge is 2.41. The van der Waals surface area contributed by atoms with Crippen LogP contribution < -0.4 is 5.32 Å². The van der Waals surface area contributed by atoms with Gasteiger partial charge in [0, 0.05) is 32.5 Å². The molecule has 156 valence electrons. The molecule has 2 fully saturated rings. The average Bonchev–Trinajstić information content (AvgIpc) is 3.22. The number of hydrogen-bond donors (Lipinski definition) is 1. The van der Waals surface area contributed by atoms with Crippen LogP contribution in [0.4, 0.5) is 0 Å². The number of likely N-dealkylation sites (tertiary alicyclic amines) is 1. The molecule has 3 aliphatic rings. The zero-order chi connectivity index (χ0) is 20.1. The van der Waals surface area contributed by atoms with E-state index in [2.05, 4.69) is 16.4 Å². The third-order valence-corrected chi connectivity index (χ3v) is 5.94. The van der Waals surface area contributed by atoms with Gasteiger partial charge in [-0.25, -0.2) is 4.98 Å². The second-order valence-electron chi connectivity index (χ2n) is 7.92. The van der Waals surface area contributed by atoms with Crippen LogP contribution in [0.25, 0.3) is 0 Å². The minimum absolute atomic E-state index is 0.153. The minimum Gasteiger partial charge on any atom is -0.350 e. The predicted octanol–water partition coefficient (Wildman–Crippen LogP) is 2.68. The molecule has 7 nitrogen and oxygen atoms in total. The number of nitrogens with one attached hydrogen (secondary N) is 1. The molecule has 1 aromatic heterocycles. The van der Waals surface area contributed by atoms with Gasteiger partial charge < -0.3 is 19.7 Å². The molecule has 2 saturated heterocycles. The highest BCUT2D eigenvalue weighted by molar-refractivity contribution is 5.96. The molecule has 0 aromatic carbocycles. The summed E-state index contributed by atoms with van der Waals surface area (Å²) in [7, 11) is 0. The standard InChI is InChI=1S/C22H29N3O4/c26-20(23-12-9-17-5-2-1-3-6-17)18-7-4-8-19(24-18)21(27)25-13-10-22(11-14-25)28-15-16-29-22/h4-5,7-8H,1-3,6,9-16H2,(H,23,26). The number of rotatable bonds is 5. The first-order valence-corrected chi connectivity index (χ1v) is 10.7. The summed E-state index contributed by atoms with van der Waals surface area (Å²) in [6.45, 7) is 2.95. The summed E-state index contributed by atoms with van der Waals surface area (Å²) in [5, 5.41) is 2.92.